The molecule has 1 heterocycles. The van der Waals surface area contributed by atoms with Crippen molar-refractivity contribution in [1.29, 1.82) is 0 Å². The Labute approximate surface area is 151 Å². The Morgan fingerprint density at radius 3 is 2.58 bits per heavy atom. The number of nitrogens with zero attached hydrogens (tertiary/aromatic N) is 1. The zero-order valence-electron chi connectivity index (χ0n) is 13.9. The van der Waals surface area contributed by atoms with Crippen LogP contribution in [-0.2, 0) is 14.8 Å². The highest BCUT2D eigenvalue weighted by Gasteiger charge is 2.25. The van der Waals surface area contributed by atoms with Gasteiger partial charge in [0.05, 0.1) is 15.9 Å². The van der Waals surface area contributed by atoms with Crippen LogP contribution in [0.2, 0.25) is 0 Å². The van der Waals surface area contributed by atoms with Gasteiger partial charge < -0.3 is 10.1 Å². The molecule has 2 atom stereocenters. The quantitative estimate of drug-likeness (QED) is 0.609. The number of anilines is 1. The van der Waals surface area contributed by atoms with E-state index in [4.69, 9.17) is 9.88 Å². The monoisotopic (exact) mass is 377 g/mol. The van der Waals surface area contributed by atoms with Crippen molar-refractivity contribution >= 4 is 21.4 Å². The molecule has 1 saturated heterocycles. The molecule has 2 aromatic rings. The second-order valence-corrected chi connectivity index (χ2v) is 7.71. The summed E-state index contributed by atoms with van der Waals surface area (Å²) in [6.07, 6.45) is 1.28. The number of nitrogens with one attached hydrogen (secondary N) is 1. The summed E-state index contributed by atoms with van der Waals surface area (Å²) in [6.45, 7) is 0.536. The van der Waals surface area contributed by atoms with Crippen LogP contribution in [0.1, 0.15) is 24.5 Å². The molecule has 0 aromatic heterocycles. The lowest BCUT2D eigenvalue weighted by molar-refractivity contribution is -0.385. The lowest BCUT2D eigenvalue weighted by atomic mass is 9.97. The van der Waals surface area contributed by atoms with Crippen molar-refractivity contribution in [3.05, 3.63) is 64.2 Å². The van der Waals surface area contributed by atoms with E-state index < -0.39 is 14.9 Å². The fourth-order valence-electron chi connectivity index (χ4n) is 3.00. The Kier molecular flexibility index (Phi) is 5.21. The summed E-state index contributed by atoms with van der Waals surface area (Å²) in [6, 6.07) is 13.3. The largest absolute Gasteiger partial charge is 0.382 e. The minimum atomic E-state index is -4.05. The summed E-state index contributed by atoms with van der Waals surface area (Å²) in [5.74, 6) is 0. The second-order valence-electron chi connectivity index (χ2n) is 6.15. The molecule has 0 saturated carbocycles. The van der Waals surface area contributed by atoms with E-state index in [1.54, 1.807) is 0 Å². The Hall–Kier alpha value is -2.49. The summed E-state index contributed by atoms with van der Waals surface area (Å²) >= 11 is 0. The third-order valence-corrected chi connectivity index (χ3v) is 5.15. The van der Waals surface area contributed by atoms with E-state index in [9.17, 15) is 18.5 Å². The summed E-state index contributed by atoms with van der Waals surface area (Å²) in [5, 5.41) is 19.4. The Morgan fingerprint density at radius 1 is 1.19 bits per heavy atom. The Morgan fingerprint density at radius 2 is 1.92 bits per heavy atom. The van der Waals surface area contributed by atoms with E-state index in [1.807, 2.05) is 30.3 Å². The first kappa shape index (κ1) is 18.3. The standard InChI is InChI=1S/C17H19N3O5S/c18-26(23,24)16-9-14(8-15(11-16)20(21)22)19-13-6-7-25-17(10-13)12-4-2-1-3-5-12/h1-5,8-9,11,13,17,19H,6-7,10H2,(H2,18,23,24). The molecule has 138 valence electrons. The van der Waals surface area contributed by atoms with Crippen molar-refractivity contribution in [3.8, 4) is 0 Å². The van der Waals surface area contributed by atoms with Crippen molar-refractivity contribution in [3.63, 3.8) is 0 Å². The number of nitro groups is 1. The van der Waals surface area contributed by atoms with Crippen molar-refractivity contribution in [2.45, 2.75) is 29.9 Å². The van der Waals surface area contributed by atoms with Crippen LogP contribution >= 0.6 is 0 Å². The molecule has 8 nitrogen and oxygen atoms in total. The molecule has 26 heavy (non-hydrogen) atoms. The van der Waals surface area contributed by atoms with Gasteiger partial charge in [-0.3, -0.25) is 10.1 Å². The Bertz CT molecular complexity index is 902. The number of nitro benzene ring substituents is 1. The van der Waals surface area contributed by atoms with Gasteiger partial charge in [-0.1, -0.05) is 30.3 Å². The van der Waals surface area contributed by atoms with Crippen LogP contribution < -0.4 is 10.5 Å². The maximum absolute atomic E-state index is 11.6. The highest BCUT2D eigenvalue weighted by atomic mass is 32.2. The number of rotatable bonds is 5. The van der Waals surface area contributed by atoms with Crippen molar-refractivity contribution < 1.29 is 18.1 Å². The minimum absolute atomic E-state index is 0.00992. The number of hydrogen-bond acceptors (Lipinski definition) is 6. The molecular weight excluding hydrogens is 358 g/mol. The van der Waals surface area contributed by atoms with Gasteiger partial charge in [0.1, 0.15) is 0 Å². The van der Waals surface area contributed by atoms with Gasteiger partial charge in [-0.2, -0.15) is 0 Å². The fraction of sp³-hybridized carbons (Fsp3) is 0.294. The maximum atomic E-state index is 11.6. The zero-order valence-corrected chi connectivity index (χ0v) is 14.7. The molecule has 3 rings (SSSR count). The third kappa shape index (κ3) is 4.37. The van der Waals surface area contributed by atoms with E-state index in [0.717, 1.165) is 11.6 Å². The number of hydrogen-bond donors (Lipinski definition) is 2. The van der Waals surface area contributed by atoms with Crippen molar-refractivity contribution in [2.75, 3.05) is 11.9 Å². The van der Waals surface area contributed by atoms with Gasteiger partial charge in [0.15, 0.2) is 0 Å². The number of non-ortho nitro benzene ring substituents is 1. The lowest BCUT2D eigenvalue weighted by Crippen LogP contribution is -2.30. The van der Waals surface area contributed by atoms with Gasteiger partial charge in [0, 0.05) is 30.5 Å². The molecule has 0 spiro atoms. The maximum Gasteiger partial charge on any atom is 0.272 e. The fourth-order valence-corrected chi connectivity index (χ4v) is 3.58. The predicted molar refractivity (Wildman–Crippen MR) is 96.2 cm³/mol. The van der Waals surface area contributed by atoms with Crippen LogP contribution in [0, 0.1) is 10.1 Å². The average Bonchev–Trinajstić information content (AvgIpc) is 2.61. The van der Waals surface area contributed by atoms with Crippen LogP contribution in [0.3, 0.4) is 0 Å². The van der Waals surface area contributed by atoms with E-state index in [1.165, 1.54) is 12.1 Å². The summed E-state index contributed by atoms with van der Waals surface area (Å²) < 4.78 is 29.0. The number of ether oxygens (including phenoxy) is 1. The average molecular weight is 377 g/mol. The molecule has 1 aliphatic heterocycles. The van der Waals surface area contributed by atoms with E-state index in [0.29, 0.717) is 25.1 Å². The van der Waals surface area contributed by atoms with Crippen molar-refractivity contribution in [1.82, 2.24) is 0 Å². The van der Waals surface area contributed by atoms with Crippen LogP contribution in [0.15, 0.2) is 53.4 Å². The summed E-state index contributed by atoms with van der Waals surface area (Å²) in [5.41, 5.74) is 1.08. The van der Waals surface area contributed by atoms with Crippen molar-refractivity contribution in [2.24, 2.45) is 5.14 Å². The Balaban J connectivity index is 1.81. The minimum Gasteiger partial charge on any atom is -0.382 e. The van der Waals surface area contributed by atoms with Crippen LogP contribution in [-0.4, -0.2) is 26.0 Å². The molecule has 0 radical (unpaired) electrons. The molecule has 0 bridgehead atoms. The van der Waals surface area contributed by atoms with Gasteiger partial charge in [0.2, 0.25) is 10.0 Å². The van der Waals surface area contributed by atoms with E-state index in [-0.39, 0.29) is 22.7 Å². The highest BCUT2D eigenvalue weighted by Crippen LogP contribution is 2.31. The van der Waals surface area contributed by atoms with Crippen LogP contribution in [0.4, 0.5) is 11.4 Å². The molecule has 2 unspecified atom stereocenters. The third-order valence-electron chi connectivity index (χ3n) is 4.26. The number of primary sulfonamides is 1. The van der Waals surface area contributed by atoms with Gasteiger partial charge >= 0.3 is 0 Å². The lowest BCUT2D eigenvalue weighted by Gasteiger charge is -2.31. The molecule has 3 N–H and O–H groups in total. The number of nitrogens with two attached hydrogens (primary N) is 1. The molecular formula is C17H19N3O5S. The van der Waals surface area contributed by atoms with E-state index >= 15 is 0 Å². The molecule has 0 amide bonds. The van der Waals surface area contributed by atoms with Gasteiger partial charge in [0.25, 0.3) is 5.69 Å². The molecule has 0 aliphatic carbocycles. The zero-order chi connectivity index (χ0) is 18.7. The molecule has 1 fully saturated rings. The summed E-state index contributed by atoms with van der Waals surface area (Å²) in [4.78, 5) is 10.2. The first-order valence-corrected chi connectivity index (χ1v) is 9.63. The SMILES string of the molecule is NS(=O)(=O)c1cc(NC2CCOC(c3ccccc3)C2)cc([N+](=O)[O-])c1. The normalized spacial score (nSPS) is 20.5. The molecule has 9 heteroatoms. The van der Waals surface area contributed by atoms with Crippen LogP contribution in [0.5, 0.6) is 0 Å². The van der Waals surface area contributed by atoms with Gasteiger partial charge in [-0.15, -0.1) is 0 Å². The molecule has 2 aromatic carbocycles. The van der Waals surface area contributed by atoms with Crippen LogP contribution in [0.25, 0.3) is 0 Å². The number of benzene rings is 2. The second kappa shape index (κ2) is 7.40. The van der Waals surface area contributed by atoms with Gasteiger partial charge in [-0.05, 0) is 24.5 Å². The topological polar surface area (TPSA) is 125 Å². The predicted octanol–water partition coefficient (Wildman–Crippen LogP) is 2.57. The molecule has 1 aliphatic rings. The number of sulfonamides is 1. The first-order valence-electron chi connectivity index (χ1n) is 8.08. The smallest absolute Gasteiger partial charge is 0.272 e. The summed E-state index contributed by atoms with van der Waals surface area (Å²) in [7, 11) is -4.05. The van der Waals surface area contributed by atoms with E-state index in [2.05, 4.69) is 5.32 Å². The van der Waals surface area contributed by atoms with Gasteiger partial charge in [-0.25, -0.2) is 13.6 Å². The highest BCUT2D eigenvalue weighted by molar-refractivity contribution is 7.89. The first-order chi connectivity index (χ1) is 12.3.